The number of fused-ring (bicyclic) bond motifs is 2. The number of ether oxygens (including phenoxy) is 2. The SMILES string of the molecule is CCCc1ccc(C(F)(F)Oc2cc3c(c(F)c2F)Oc2c(ccc(CCC4CCC(CCC)CC4)c2F)C3)cc1. The van der Waals surface area contributed by atoms with Crippen molar-refractivity contribution >= 4 is 0 Å². The second-order valence-corrected chi connectivity index (χ2v) is 11.6. The highest BCUT2D eigenvalue weighted by atomic mass is 19.3. The van der Waals surface area contributed by atoms with Crippen molar-refractivity contribution in [3.63, 3.8) is 0 Å². The molecule has 0 spiro atoms. The molecule has 0 radical (unpaired) electrons. The Bertz CT molecular complexity index is 1360. The molecule has 0 unspecified atom stereocenters. The Labute approximate surface area is 238 Å². The van der Waals surface area contributed by atoms with Gasteiger partial charge in [-0.05, 0) is 60.4 Å². The molecule has 3 aromatic rings. The van der Waals surface area contributed by atoms with Crippen molar-refractivity contribution in [3.05, 3.63) is 87.7 Å². The van der Waals surface area contributed by atoms with Gasteiger partial charge in [0, 0.05) is 17.5 Å². The Kier molecular flexibility index (Phi) is 8.91. The molecule has 0 amide bonds. The molecular formula is C34H37F5O2. The predicted octanol–water partition coefficient (Wildman–Crippen LogP) is 10.4. The largest absolute Gasteiger partial charge is 0.450 e. The monoisotopic (exact) mass is 572 g/mol. The lowest BCUT2D eigenvalue weighted by atomic mass is 9.78. The minimum absolute atomic E-state index is 0.00580. The maximum absolute atomic E-state index is 15.5. The van der Waals surface area contributed by atoms with E-state index in [2.05, 4.69) is 6.92 Å². The van der Waals surface area contributed by atoms with Crippen molar-refractivity contribution in [1.82, 2.24) is 0 Å². The highest BCUT2D eigenvalue weighted by Crippen LogP contribution is 2.45. The van der Waals surface area contributed by atoms with Crippen LogP contribution in [-0.2, 0) is 25.4 Å². The van der Waals surface area contributed by atoms with Crippen molar-refractivity contribution in [2.24, 2.45) is 11.8 Å². The van der Waals surface area contributed by atoms with Crippen LogP contribution in [0.3, 0.4) is 0 Å². The first kappa shape index (κ1) is 29.4. The van der Waals surface area contributed by atoms with E-state index in [1.807, 2.05) is 6.92 Å². The number of hydrogen-bond acceptors (Lipinski definition) is 2. The summed E-state index contributed by atoms with van der Waals surface area (Å²) < 4.78 is 85.7. The second-order valence-electron chi connectivity index (χ2n) is 11.6. The van der Waals surface area contributed by atoms with Crippen molar-refractivity contribution in [1.29, 1.82) is 0 Å². The van der Waals surface area contributed by atoms with E-state index in [1.54, 1.807) is 24.3 Å². The van der Waals surface area contributed by atoms with Gasteiger partial charge in [0.1, 0.15) is 0 Å². The molecule has 2 nitrogen and oxygen atoms in total. The fourth-order valence-corrected chi connectivity index (χ4v) is 6.27. The molecule has 0 N–H and O–H groups in total. The zero-order valence-corrected chi connectivity index (χ0v) is 23.7. The van der Waals surface area contributed by atoms with Gasteiger partial charge in [-0.25, -0.2) is 4.39 Å². The van der Waals surface area contributed by atoms with Gasteiger partial charge in [-0.2, -0.15) is 17.6 Å². The Balaban J connectivity index is 1.30. The number of aryl methyl sites for hydroxylation is 2. The maximum atomic E-state index is 15.5. The van der Waals surface area contributed by atoms with Crippen molar-refractivity contribution in [2.75, 3.05) is 0 Å². The first-order valence-electron chi connectivity index (χ1n) is 14.8. The van der Waals surface area contributed by atoms with Crippen LogP contribution in [0.1, 0.15) is 93.0 Å². The van der Waals surface area contributed by atoms with Gasteiger partial charge in [-0.3, -0.25) is 0 Å². The first-order valence-corrected chi connectivity index (χ1v) is 14.8. The zero-order valence-electron chi connectivity index (χ0n) is 23.7. The summed E-state index contributed by atoms with van der Waals surface area (Å²) in [6, 6.07) is 9.99. The Morgan fingerprint density at radius 2 is 1.41 bits per heavy atom. The Morgan fingerprint density at radius 1 is 0.756 bits per heavy atom. The molecule has 7 heteroatoms. The number of alkyl halides is 2. The lowest BCUT2D eigenvalue weighted by molar-refractivity contribution is -0.187. The average Bonchev–Trinajstić information content (AvgIpc) is 2.96. The smallest absolute Gasteiger partial charge is 0.426 e. The third-order valence-electron chi connectivity index (χ3n) is 8.60. The summed E-state index contributed by atoms with van der Waals surface area (Å²) in [7, 11) is 0. The highest BCUT2D eigenvalue weighted by molar-refractivity contribution is 5.55. The lowest BCUT2D eigenvalue weighted by Crippen LogP contribution is -2.23. The van der Waals surface area contributed by atoms with Crippen LogP contribution in [0.4, 0.5) is 22.0 Å². The molecule has 2 aliphatic rings. The molecule has 0 bridgehead atoms. The molecule has 1 aliphatic heterocycles. The van der Waals surface area contributed by atoms with E-state index in [9.17, 15) is 13.2 Å². The maximum Gasteiger partial charge on any atom is 0.426 e. The van der Waals surface area contributed by atoms with Gasteiger partial charge in [0.25, 0.3) is 0 Å². The normalized spacial score (nSPS) is 18.4. The second kappa shape index (κ2) is 12.4. The topological polar surface area (TPSA) is 18.5 Å². The van der Waals surface area contributed by atoms with Crippen LogP contribution in [0.5, 0.6) is 17.2 Å². The predicted molar refractivity (Wildman–Crippen MR) is 149 cm³/mol. The van der Waals surface area contributed by atoms with Crippen LogP contribution in [0.2, 0.25) is 0 Å². The van der Waals surface area contributed by atoms with E-state index in [-0.39, 0.29) is 17.7 Å². The third kappa shape index (κ3) is 6.39. The number of benzene rings is 3. The molecule has 3 aromatic carbocycles. The quantitative estimate of drug-likeness (QED) is 0.176. The summed E-state index contributed by atoms with van der Waals surface area (Å²) >= 11 is 0. The van der Waals surface area contributed by atoms with Crippen LogP contribution in [0.25, 0.3) is 0 Å². The number of halogens is 5. The molecule has 0 aromatic heterocycles. The summed E-state index contributed by atoms with van der Waals surface area (Å²) in [4.78, 5) is 0. The van der Waals surface area contributed by atoms with Gasteiger partial charge in [0.05, 0.1) is 5.56 Å². The van der Waals surface area contributed by atoms with E-state index in [4.69, 9.17) is 9.47 Å². The molecule has 1 saturated carbocycles. The molecular weight excluding hydrogens is 535 g/mol. The van der Waals surface area contributed by atoms with Gasteiger partial charge < -0.3 is 9.47 Å². The first-order chi connectivity index (χ1) is 19.7. The summed E-state index contributed by atoms with van der Waals surface area (Å²) in [5, 5.41) is 0. The highest BCUT2D eigenvalue weighted by Gasteiger charge is 2.37. The van der Waals surface area contributed by atoms with Gasteiger partial charge in [-0.15, -0.1) is 0 Å². The molecule has 1 aliphatic carbocycles. The van der Waals surface area contributed by atoms with E-state index in [0.29, 0.717) is 23.5 Å². The number of rotatable bonds is 10. The molecule has 1 fully saturated rings. The van der Waals surface area contributed by atoms with E-state index in [1.165, 1.54) is 37.8 Å². The standard InChI is InChI=1S/C34H37F5O2/c1-3-5-21-7-9-23(10-8-21)11-14-24-15-16-25-19-26-20-28(30(36)31(37)33(26)40-32(25)29(24)35)41-34(38,39)27-17-12-22(6-4-2)13-18-27/h12-13,15-18,20-21,23H,3-11,14,19H2,1-2H3. The summed E-state index contributed by atoms with van der Waals surface area (Å²) in [6.45, 7) is 4.19. The fourth-order valence-electron chi connectivity index (χ4n) is 6.27. The molecule has 41 heavy (non-hydrogen) atoms. The van der Waals surface area contributed by atoms with Crippen LogP contribution in [0.15, 0.2) is 42.5 Å². The van der Waals surface area contributed by atoms with E-state index < -0.39 is 40.6 Å². The zero-order chi connectivity index (χ0) is 29.1. The van der Waals surface area contributed by atoms with Crippen molar-refractivity contribution in [2.45, 2.75) is 90.6 Å². The van der Waals surface area contributed by atoms with Crippen LogP contribution >= 0.6 is 0 Å². The Hall–Kier alpha value is -3.09. The van der Waals surface area contributed by atoms with E-state index >= 15 is 8.78 Å². The molecule has 220 valence electrons. The average molecular weight is 573 g/mol. The van der Waals surface area contributed by atoms with Gasteiger partial charge in [-0.1, -0.05) is 83.1 Å². The third-order valence-corrected chi connectivity index (χ3v) is 8.60. The minimum atomic E-state index is -3.89. The summed E-state index contributed by atoms with van der Waals surface area (Å²) in [6.07, 6.45) is 6.33. The molecule has 0 atom stereocenters. The molecule has 0 saturated heterocycles. The summed E-state index contributed by atoms with van der Waals surface area (Å²) in [5.41, 5.74) is 1.44. The van der Waals surface area contributed by atoms with E-state index in [0.717, 1.165) is 49.7 Å². The molecule has 5 rings (SSSR count). The Morgan fingerprint density at radius 3 is 2.07 bits per heavy atom. The number of hydrogen-bond donors (Lipinski definition) is 0. The van der Waals surface area contributed by atoms with Crippen LogP contribution < -0.4 is 9.47 Å². The summed E-state index contributed by atoms with van der Waals surface area (Å²) in [5.74, 6) is -3.87. The van der Waals surface area contributed by atoms with Gasteiger partial charge in [0.15, 0.2) is 23.1 Å². The van der Waals surface area contributed by atoms with Gasteiger partial charge >= 0.3 is 6.11 Å². The fraction of sp³-hybridized carbons (Fsp3) is 0.471. The van der Waals surface area contributed by atoms with Gasteiger partial charge in [0.2, 0.25) is 11.6 Å². The molecule has 1 heterocycles. The van der Waals surface area contributed by atoms with Crippen molar-refractivity contribution in [3.8, 4) is 17.2 Å². The minimum Gasteiger partial charge on any atom is -0.450 e. The lowest BCUT2D eigenvalue weighted by Gasteiger charge is -2.28. The van der Waals surface area contributed by atoms with Crippen LogP contribution in [-0.4, -0.2) is 0 Å². The van der Waals surface area contributed by atoms with Crippen LogP contribution in [0, 0.1) is 29.3 Å². The van der Waals surface area contributed by atoms with Crippen molar-refractivity contribution < 1.29 is 31.4 Å².